The van der Waals surface area contributed by atoms with Crippen molar-refractivity contribution in [3.63, 3.8) is 0 Å². The summed E-state index contributed by atoms with van der Waals surface area (Å²) in [4.78, 5) is 18.0. The normalized spacial score (nSPS) is 17.7. The molecule has 3 heterocycles. The summed E-state index contributed by atoms with van der Waals surface area (Å²) in [6.45, 7) is 5.55. The number of ether oxygens (including phenoxy) is 3. The summed E-state index contributed by atoms with van der Waals surface area (Å²) in [5, 5.41) is 10.1. The molecule has 0 spiro atoms. The van der Waals surface area contributed by atoms with Crippen LogP contribution in [0.5, 0.6) is 11.5 Å². The second-order valence-corrected chi connectivity index (χ2v) is 9.27. The monoisotopic (exact) mass is 491 g/mol. The first-order valence-electron chi connectivity index (χ1n) is 12.4. The molecule has 0 aliphatic carbocycles. The predicted molar refractivity (Wildman–Crippen MR) is 139 cm³/mol. The zero-order valence-corrected chi connectivity index (χ0v) is 20.8. The van der Waals surface area contributed by atoms with Crippen molar-refractivity contribution in [3.05, 3.63) is 54.4 Å². The first-order chi connectivity index (χ1) is 17.6. The molecule has 0 radical (unpaired) electrons. The molecule has 190 valence electrons. The van der Waals surface area contributed by atoms with E-state index < -0.39 is 0 Å². The van der Waals surface area contributed by atoms with Crippen LogP contribution in [-0.4, -0.2) is 81.2 Å². The molecule has 1 saturated heterocycles. The number of benzene rings is 2. The van der Waals surface area contributed by atoms with Crippen molar-refractivity contribution in [2.75, 3.05) is 70.4 Å². The first-order valence-corrected chi connectivity index (χ1v) is 12.4. The lowest BCUT2D eigenvalue weighted by Crippen LogP contribution is -2.41. The number of amides is 1. The van der Waals surface area contributed by atoms with E-state index in [2.05, 4.69) is 38.4 Å². The average Bonchev–Trinajstić information content (AvgIpc) is 3.47. The molecule has 9 nitrogen and oxygen atoms in total. The average molecular weight is 492 g/mol. The van der Waals surface area contributed by atoms with Crippen LogP contribution in [0.4, 0.5) is 11.4 Å². The molecule has 2 aliphatic heterocycles. The summed E-state index contributed by atoms with van der Waals surface area (Å²) in [7, 11) is 3.71. The van der Waals surface area contributed by atoms with Gasteiger partial charge in [0.05, 0.1) is 43.8 Å². The van der Waals surface area contributed by atoms with Gasteiger partial charge >= 0.3 is 0 Å². The Kier molecular flexibility index (Phi) is 7.39. The summed E-state index contributed by atoms with van der Waals surface area (Å²) in [6.07, 6.45) is 4.28. The molecule has 1 unspecified atom stereocenters. The zero-order chi connectivity index (χ0) is 24.9. The smallest absolute Gasteiger partial charge is 0.231 e. The van der Waals surface area contributed by atoms with Gasteiger partial charge in [-0.15, -0.1) is 0 Å². The number of morpholine rings is 1. The number of likely N-dealkylation sites (N-methyl/N-ethyl adjacent to an activating group) is 1. The Hall–Kier alpha value is -3.56. The van der Waals surface area contributed by atoms with Crippen molar-refractivity contribution >= 4 is 17.3 Å². The van der Waals surface area contributed by atoms with Gasteiger partial charge in [0, 0.05) is 45.0 Å². The fourth-order valence-electron chi connectivity index (χ4n) is 4.68. The predicted octanol–water partition coefficient (Wildman–Crippen LogP) is 3.04. The van der Waals surface area contributed by atoms with Crippen LogP contribution in [-0.2, 0) is 16.0 Å². The Labute approximate surface area is 211 Å². The van der Waals surface area contributed by atoms with Gasteiger partial charge in [-0.2, -0.15) is 5.10 Å². The van der Waals surface area contributed by atoms with E-state index in [-0.39, 0.29) is 11.8 Å². The van der Waals surface area contributed by atoms with Crippen LogP contribution < -0.4 is 19.7 Å². The molecule has 9 heteroatoms. The Morgan fingerprint density at radius 2 is 2.08 bits per heavy atom. The highest BCUT2D eigenvalue weighted by molar-refractivity contribution is 5.97. The summed E-state index contributed by atoms with van der Waals surface area (Å²) >= 11 is 0. The van der Waals surface area contributed by atoms with Crippen molar-refractivity contribution in [2.45, 2.75) is 6.42 Å². The summed E-state index contributed by atoms with van der Waals surface area (Å²) in [5.74, 6) is 1.23. The number of anilines is 2. The molecule has 0 saturated carbocycles. The van der Waals surface area contributed by atoms with E-state index in [1.54, 1.807) is 13.3 Å². The number of hydrogen-bond donors (Lipinski definition) is 2. The third-order valence-electron chi connectivity index (χ3n) is 6.90. The molecule has 1 aromatic heterocycles. The minimum atomic E-state index is -0.287. The van der Waals surface area contributed by atoms with E-state index >= 15 is 0 Å². The number of H-pyrrole nitrogens is 1. The van der Waals surface area contributed by atoms with Crippen molar-refractivity contribution in [1.29, 1.82) is 0 Å². The number of fused-ring (bicyclic) bond motifs is 1. The van der Waals surface area contributed by atoms with Gasteiger partial charge in [-0.1, -0.05) is 6.07 Å². The topological polar surface area (TPSA) is 91.9 Å². The number of nitrogens with one attached hydrogen (secondary N) is 2. The molecule has 0 bridgehead atoms. The Morgan fingerprint density at radius 1 is 1.22 bits per heavy atom. The van der Waals surface area contributed by atoms with Gasteiger partial charge in [0.25, 0.3) is 0 Å². The molecule has 2 N–H and O–H groups in total. The second kappa shape index (κ2) is 11.0. The largest absolute Gasteiger partial charge is 0.497 e. The molecule has 1 amide bonds. The fraction of sp³-hybridized carbons (Fsp3) is 0.407. The maximum atomic E-state index is 13.3. The highest BCUT2D eigenvalue weighted by Gasteiger charge is 2.27. The summed E-state index contributed by atoms with van der Waals surface area (Å²) < 4.78 is 16.7. The lowest BCUT2D eigenvalue weighted by molar-refractivity contribution is -0.121. The number of hydrogen-bond acceptors (Lipinski definition) is 7. The van der Waals surface area contributed by atoms with Gasteiger partial charge in [0.15, 0.2) is 0 Å². The van der Waals surface area contributed by atoms with Crippen LogP contribution in [0.2, 0.25) is 0 Å². The van der Waals surface area contributed by atoms with Gasteiger partial charge in [-0.05, 0) is 47.9 Å². The molecule has 1 atom stereocenters. The van der Waals surface area contributed by atoms with E-state index in [9.17, 15) is 4.79 Å². The van der Waals surface area contributed by atoms with Crippen LogP contribution >= 0.6 is 0 Å². The van der Waals surface area contributed by atoms with Crippen LogP contribution in [0.15, 0.2) is 48.8 Å². The minimum Gasteiger partial charge on any atom is -0.497 e. The number of aromatic amines is 1. The Bertz CT molecular complexity index is 1180. The summed E-state index contributed by atoms with van der Waals surface area (Å²) in [5.41, 5.74) is 4.78. The maximum Gasteiger partial charge on any atom is 0.231 e. The van der Waals surface area contributed by atoms with Crippen molar-refractivity contribution < 1.29 is 19.0 Å². The van der Waals surface area contributed by atoms with Crippen LogP contribution in [0.25, 0.3) is 11.1 Å². The van der Waals surface area contributed by atoms with Crippen LogP contribution in [0, 0.1) is 5.92 Å². The quantitative estimate of drug-likeness (QED) is 0.500. The standard InChI is InChI=1S/C27H33N5O4/c1-31(7-8-32-9-11-35-12-10-32)25-15-19(22-16-28-29-17-22)3-5-24(25)30-27(33)21-13-20-14-23(34-2)4-6-26(20)36-18-21/h3-6,14-17,21H,7-13,18H2,1-2H3,(H,28,29)(H,30,33). The zero-order valence-electron chi connectivity index (χ0n) is 20.8. The number of methoxy groups -OCH3 is 1. The van der Waals surface area contributed by atoms with Gasteiger partial charge < -0.3 is 24.4 Å². The third kappa shape index (κ3) is 5.47. The lowest BCUT2D eigenvalue weighted by atomic mass is 9.95. The molecular weight excluding hydrogens is 458 g/mol. The number of nitrogens with zero attached hydrogens (tertiary/aromatic N) is 3. The molecule has 3 aromatic rings. The van der Waals surface area contributed by atoms with E-state index in [1.165, 1.54) is 0 Å². The molecule has 5 rings (SSSR count). The number of aromatic nitrogens is 2. The van der Waals surface area contributed by atoms with Crippen molar-refractivity contribution in [1.82, 2.24) is 15.1 Å². The van der Waals surface area contributed by atoms with Crippen LogP contribution in [0.1, 0.15) is 5.56 Å². The minimum absolute atomic E-state index is 0.0534. The number of carbonyl (C=O) groups is 1. The molecule has 36 heavy (non-hydrogen) atoms. The van der Waals surface area contributed by atoms with E-state index in [0.717, 1.165) is 79.0 Å². The van der Waals surface area contributed by atoms with Gasteiger partial charge in [-0.25, -0.2) is 0 Å². The van der Waals surface area contributed by atoms with Crippen molar-refractivity contribution in [2.24, 2.45) is 5.92 Å². The highest BCUT2D eigenvalue weighted by atomic mass is 16.5. The Morgan fingerprint density at radius 3 is 2.86 bits per heavy atom. The number of rotatable bonds is 8. The van der Waals surface area contributed by atoms with Crippen molar-refractivity contribution in [3.8, 4) is 22.6 Å². The van der Waals surface area contributed by atoms with Gasteiger partial charge in [0.1, 0.15) is 18.1 Å². The molecular formula is C27H33N5O4. The first kappa shape index (κ1) is 24.1. The van der Waals surface area contributed by atoms with E-state index in [4.69, 9.17) is 14.2 Å². The lowest BCUT2D eigenvalue weighted by Gasteiger charge is -2.30. The van der Waals surface area contributed by atoms with E-state index in [0.29, 0.717) is 13.0 Å². The molecule has 2 aliphatic rings. The van der Waals surface area contributed by atoms with E-state index in [1.807, 2.05) is 36.5 Å². The fourth-order valence-corrected chi connectivity index (χ4v) is 4.68. The molecule has 2 aromatic carbocycles. The Balaban J connectivity index is 1.33. The summed E-state index contributed by atoms with van der Waals surface area (Å²) in [6, 6.07) is 11.8. The van der Waals surface area contributed by atoms with Gasteiger partial charge in [0.2, 0.25) is 5.91 Å². The number of carbonyl (C=O) groups excluding carboxylic acids is 1. The maximum absolute atomic E-state index is 13.3. The third-order valence-corrected chi connectivity index (χ3v) is 6.90. The second-order valence-electron chi connectivity index (χ2n) is 9.27. The SMILES string of the molecule is COc1ccc2c(c1)CC(C(=O)Nc1ccc(-c3cn[nH]c3)cc1N(C)CCN1CCOCC1)CO2. The molecule has 1 fully saturated rings. The highest BCUT2D eigenvalue weighted by Crippen LogP contribution is 2.34. The van der Waals surface area contributed by atoms with Gasteiger partial charge in [-0.3, -0.25) is 14.8 Å². The van der Waals surface area contributed by atoms with Crippen LogP contribution in [0.3, 0.4) is 0 Å².